The highest BCUT2D eigenvalue weighted by atomic mass is 32.2. The second kappa shape index (κ2) is 6.52. The first-order valence-electron chi connectivity index (χ1n) is 9.12. The first-order valence-corrected chi connectivity index (χ1v) is 11.1. The Morgan fingerprint density at radius 3 is 2.62 bits per heavy atom. The van der Waals surface area contributed by atoms with Crippen molar-refractivity contribution >= 4 is 9.84 Å². The van der Waals surface area contributed by atoms with Crippen LogP contribution in [0, 0.1) is 12.8 Å². The molecule has 3 saturated heterocycles. The maximum Gasteiger partial charge on any atom is 0.153 e. The molecule has 0 spiro atoms. The van der Waals surface area contributed by atoms with Gasteiger partial charge in [0.15, 0.2) is 9.84 Å². The highest BCUT2D eigenvalue weighted by molar-refractivity contribution is 7.91. The van der Waals surface area contributed by atoms with Crippen LogP contribution in [0.4, 0.5) is 0 Å². The highest BCUT2D eigenvalue weighted by Gasteiger charge is 2.55. The molecule has 146 valence electrons. The number of fused-ring (bicyclic) bond motifs is 3. The molecule has 0 aliphatic carbocycles. The summed E-state index contributed by atoms with van der Waals surface area (Å²) in [5.74, 6) is 0.375. The number of aryl methyl sites for hydroxylation is 2. The van der Waals surface area contributed by atoms with Crippen LogP contribution in [-0.4, -0.2) is 79.5 Å². The Morgan fingerprint density at radius 2 is 2.00 bits per heavy atom. The van der Waals surface area contributed by atoms with Crippen LogP contribution in [0.15, 0.2) is 0 Å². The molecule has 3 aliphatic rings. The maximum absolute atomic E-state index is 12.3. The van der Waals surface area contributed by atoms with Gasteiger partial charge < -0.3 is 15.4 Å². The number of sulfone groups is 1. The molecule has 0 amide bonds. The van der Waals surface area contributed by atoms with Crippen molar-refractivity contribution < 1.29 is 13.2 Å². The van der Waals surface area contributed by atoms with Crippen molar-refractivity contribution in [1.82, 2.24) is 30.9 Å². The molecule has 4 heterocycles. The third-order valence-corrected chi connectivity index (χ3v) is 7.88. The average Bonchev–Trinajstić information content (AvgIpc) is 3.12. The Balaban J connectivity index is 1.60. The van der Waals surface area contributed by atoms with E-state index < -0.39 is 15.1 Å². The number of rotatable bonds is 3. The quantitative estimate of drug-likeness (QED) is 0.579. The van der Waals surface area contributed by atoms with Crippen LogP contribution in [0.2, 0.25) is 0 Å². The summed E-state index contributed by atoms with van der Waals surface area (Å²) in [6.07, 6.45) is 2.11. The third kappa shape index (κ3) is 2.88. The number of aromatic nitrogens is 3. The summed E-state index contributed by atoms with van der Waals surface area (Å²) < 4.78 is 32.1. The first-order chi connectivity index (χ1) is 12.3. The van der Waals surface area contributed by atoms with Gasteiger partial charge in [-0.15, -0.1) is 5.10 Å². The fourth-order valence-corrected chi connectivity index (χ4v) is 6.43. The summed E-state index contributed by atoms with van der Waals surface area (Å²) in [6, 6.07) is 0.266. The van der Waals surface area contributed by atoms with E-state index in [2.05, 4.69) is 26.3 Å². The normalized spacial score (nSPS) is 40.2. The van der Waals surface area contributed by atoms with Gasteiger partial charge in [-0.25, -0.2) is 8.42 Å². The summed E-state index contributed by atoms with van der Waals surface area (Å²) in [7, 11) is 0.447. The van der Waals surface area contributed by atoms with Gasteiger partial charge in [0.05, 0.1) is 16.6 Å². The average molecular weight is 385 g/mol. The van der Waals surface area contributed by atoms with E-state index in [1.165, 1.54) is 6.26 Å². The zero-order chi connectivity index (χ0) is 18.6. The van der Waals surface area contributed by atoms with Crippen molar-refractivity contribution in [1.29, 1.82) is 0 Å². The number of nitrogens with zero attached hydrogens (tertiary/aromatic N) is 3. The zero-order valence-corrected chi connectivity index (χ0v) is 16.5. The van der Waals surface area contributed by atoms with Crippen molar-refractivity contribution in [2.45, 2.75) is 48.9 Å². The molecule has 26 heavy (non-hydrogen) atoms. The van der Waals surface area contributed by atoms with Gasteiger partial charge in [0, 0.05) is 63.5 Å². The molecule has 0 bridgehead atoms. The standard InChI is InChI=1S/C16H28N6O3S/c1-8-15(22(2)21-20-8)9-5-10-13(17-6-9)12-14(19-10)11(26(4,23)24)7-18-16(12)25-3/h9-14,16-19H,5-7H2,1-4H3. The lowest BCUT2D eigenvalue weighted by atomic mass is 9.81. The van der Waals surface area contributed by atoms with Gasteiger partial charge in [-0.2, -0.15) is 0 Å². The number of hydrogen-bond acceptors (Lipinski definition) is 8. The molecule has 7 unspecified atom stereocenters. The Hall–Kier alpha value is -1.07. The summed E-state index contributed by atoms with van der Waals surface area (Å²) in [5, 5.41) is 18.4. The van der Waals surface area contributed by atoms with Crippen molar-refractivity contribution in [3.05, 3.63) is 11.4 Å². The highest BCUT2D eigenvalue weighted by Crippen LogP contribution is 2.38. The Bertz CT molecular complexity index is 761. The molecule has 7 atom stereocenters. The third-order valence-electron chi connectivity index (χ3n) is 6.32. The predicted octanol–water partition coefficient (Wildman–Crippen LogP) is -1.49. The van der Waals surface area contributed by atoms with Crippen LogP contribution < -0.4 is 16.0 Å². The molecule has 1 aromatic heterocycles. The second-order valence-electron chi connectivity index (χ2n) is 7.86. The molecule has 1 aromatic rings. The van der Waals surface area contributed by atoms with Gasteiger partial charge in [0.1, 0.15) is 6.23 Å². The van der Waals surface area contributed by atoms with Gasteiger partial charge in [-0.05, 0) is 13.3 Å². The van der Waals surface area contributed by atoms with Crippen molar-refractivity contribution in [2.24, 2.45) is 13.0 Å². The fraction of sp³-hybridized carbons (Fsp3) is 0.875. The van der Waals surface area contributed by atoms with Crippen LogP contribution in [0.1, 0.15) is 23.7 Å². The number of nitrogens with one attached hydrogen (secondary N) is 3. The topological polar surface area (TPSA) is 110 Å². The van der Waals surface area contributed by atoms with Crippen LogP contribution in [0.25, 0.3) is 0 Å². The van der Waals surface area contributed by atoms with Crippen molar-refractivity contribution in [3.63, 3.8) is 0 Å². The monoisotopic (exact) mass is 384 g/mol. The molecule has 10 heteroatoms. The molecular weight excluding hydrogens is 356 g/mol. The van der Waals surface area contributed by atoms with E-state index in [1.54, 1.807) is 7.11 Å². The van der Waals surface area contributed by atoms with Gasteiger partial charge in [-0.3, -0.25) is 10.00 Å². The minimum atomic E-state index is -3.16. The van der Waals surface area contributed by atoms with Crippen LogP contribution >= 0.6 is 0 Å². The molecule has 0 aromatic carbocycles. The molecule has 4 rings (SSSR count). The van der Waals surface area contributed by atoms with E-state index in [1.807, 2.05) is 18.7 Å². The van der Waals surface area contributed by atoms with Crippen LogP contribution in [-0.2, 0) is 21.6 Å². The smallest absolute Gasteiger partial charge is 0.153 e. The lowest BCUT2D eigenvalue weighted by Crippen LogP contribution is -2.63. The molecule has 3 aliphatic heterocycles. The lowest BCUT2D eigenvalue weighted by Gasteiger charge is -2.41. The lowest BCUT2D eigenvalue weighted by molar-refractivity contribution is -0.00656. The van der Waals surface area contributed by atoms with Crippen LogP contribution in [0.5, 0.6) is 0 Å². The minimum absolute atomic E-state index is 0.0742. The maximum atomic E-state index is 12.3. The Morgan fingerprint density at radius 1 is 1.23 bits per heavy atom. The molecule has 9 nitrogen and oxygen atoms in total. The van der Waals surface area contributed by atoms with E-state index in [0.29, 0.717) is 12.5 Å². The first kappa shape index (κ1) is 18.3. The van der Waals surface area contributed by atoms with E-state index in [0.717, 1.165) is 24.4 Å². The number of methoxy groups -OCH3 is 1. The molecule has 0 radical (unpaired) electrons. The Kier molecular flexibility index (Phi) is 4.59. The summed E-state index contributed by atoms with van der Waals surface area (Å²) in [6.45, 7) is 3.23. The van der Waals surface area contributed by atoms with E-state index in [-0.39, 0.29) is 30.3 Å². The molecular formula is C16H28N6O3S. The van der Waals surface area contributed by atoms with Crippen molar-refractivity contribution in [3.8, 4) is 0 Å². The second-order valence-corrected chi connectivity index (χ2v) is 10.1. The summed E-state index contributed by atoms with van der Waals surface area (Å²) >= 11 is 0. The fourth-order valence-electron chi connectivity index (χ4n) is 5.24. The summed E-state index contributed by atoms with van der Waals surface area (Å²) in [5.41, 5.74) is 2.10. The van der Waals surface area contributed by atoms with Gasteiger partial charge >= 0.3 is 0 Å². The molecule has 3 fully saturated rings. The SMILES string of the molecule is COC1NCC(S(C)(=O)=O)C2NC3CC(c4c(C)nnn4C)CNC3C12. The molecule has 0 saturated carbocycles. The number of hydrogen-bond donors (Lipinski definition) is 3. The van der Waals surface area contributed by atoms with E-state index in [4.69, 9.17) is 4.74 Å². The zero-order valence-electron chi connectivity index (χ0n) is 15.6. The largest absolute Gasteiger partial charge is 0.366 e. The van der Waals surface area contributed by atoms with Gasteiger partial charge in [0.25, 0.3) is 0 Å². The van der Waals surface area contributed by atoms with E-state index >= 15 is 0 Å². The molecule has 3 N–H and O–H groups in total. The van der Waals surface area contributed by atoms with Crippen molar-refractivity contribution in [2.75, 3.05) is 26.5 Å². The Labute approximate surface area is 154 Å². The predicted molar refractivity (Wildman–Crippen MR) is 96.5 cm³/mol. The van der Waals surface area contributed by atoms with Gasteiger partial charge in [-0.1, -0.05) is 5.21 Å². The number of piperidine rings is 2. The summed E-state index contributed by atoms with van der Waals surface area (Å²) in [4.78, 5) is 0. The van der Waals surface area contributed by atoms with E-state index in [9.17, 15) is 8.42 Å². The van der Waals surface area contributed by atoms with Crippen LogP contribution in [0.3, 0.4) is 0 Å². The van der Waals surface area contributed by atoms with Gasteiger partial charge in [0.2, 0.25) is 0 Å². The number of ether oxygens (including phenoxy) is 1. The minimum Gasteiger partial charge on any atom is -0.366 e.